The molecular formula is C25H32BrN3O3S. The average molecular weight is 535 g/mol. The molecule has 4 rings (SSSR count). The van der Waals surface area contributed by atoms with E-state index in [-0.39, 0.29) is 17.6 Å². The van der Waals surface area contributed by atoms with Crippen LogP contribution in [0.15, 0.2) is 53.0 Å². The molecule has 1 amide bonds. The maximum atomic E-state index is 12.8. The summed E-state index contributed by atoms with van der Waals surface area (Å²) in [5.41, 5.74) is 3.20. The third-order valence-corrected chi connectivity index (χ3v) is 9.02. The van der Waals surface area contributed by atoms with Gasteiger partial charge in [0, 0.05) is 36.6 Å². The maximum absolute atomic E-state index is 12.8. The van der Waals surface area contributed by atoms with Gasteiger partial charge >= 0.3 is 0 Å². The first kappa shape index (κ1) is 24.4. The molecule has 8 heteroatoms. The van der Waals surface area contributed by atoms with Crippen LogP contribution in [0.3, 0.4) is 0 Å². The molecule has 2 aliphatic heterocycles. The summed E-state index contributed by atoms with van der Waals surface area (Å²) < 4.78 is 28.1. The van der Waals surface area contributed by atoms with Crippen LogP contribution < -0.4 is 5.32 Å². The molecule has 178 valence electrons. The minimum Gasteiger partial charge on any atom is -0.352 e. The largest absolute Gasteiger partial charge is 0.352 e. The van der Waals surface area contributed by atoms with Gasteiger partial charge < -0.3 is 5.32 Å². The summed E-state index contributed by atoms with van der Waals surface area (Å²) in [6.45, 7) is 4.52. The Morgan fingerprint density at radius 2 is 1.58 bits per heavy atom. The van der Waals surface area contributed by atoms with Gasteiger partial charge in [0.05, 0.1) is 5.75 Å². The molecule has 0 spiro atoms. The Morgan fingerprint density at radius 1 is 0.939 bits per heavy atom. The quantitative estimate of drug-likeness (QED) is 0.558. The smallest absolute Gasteiger partial charge is 0.223 e. The van der Waals surface area contributed by atoms with Crippen molar-refractivity contribution in [2.45, 2.75) is 44.5 Å². The highest BCUT2D eigenvalue weighted by Crippen LogP contribution is 2.23. The molecule has 2 heterocycles. The van der Waals surface area contributed by atoms with Gasteiger partial charge in [-0.15, -0.1) is 0 Å². The third kappa shape index (κ3) is 6.66. The second kappa shape index (κ2) is 11.1. The number of hydrogen-bond acceptors (Lipinski definition) is 4. The molecule has 0 unspecified atom stereocenters. The van der Waals surface area contributed by atoms with E-state index >= 15 is 0 Å². The molecule has 2 fully saturated rings. The van der Waals surface area contributed by atoms with Gasteiger partial charge in [0.2, 0.25) is 15.9 Å². The summed E-state index contributed by atoms with van der Waals surface area (Å²) in [6.07, 6.45) is 3.63. The van der Waals surface area contributed by atoms with E-state index in [1.807, 2.05) is 30.3 Å². The predicted molar refractivity (Wildman–Crippen MR) is 134 cm³/mol. The van der Waals surface area contributed by atoms with Crippen LogP contribution in [0.1, 0.15) is 42.4 Å². The van der Waals surface area contributed by atoms with E-state index in [0.29, 0.717) is 32.5 Å². The molecule has 0 saturated carbocycles. The first-order valence-electron chi connectivity index (χ1n) is 11.7. The molecule has 2 aromatic rings. The monoisotopic (exact) mass is 533 g/mol. The Bertz CT molecular complexity index is 1040. The lowest BCUT2D eigenvalue weighted by molar-refractivity contribution is -0.126. The minimum absolute atomic E-state index is 0.00898. The van der Waals surface area contributed by atoms with E-state index in [4.69, 9.17) is 0 Å². The lowest BCUT2D eigenvalue weighted by Crippen LogP contribution is -2.43. The maximum Gasteiger partial charge on any atom is 0.223 e. The summed E-state index contributed by atoms with van der Waals surface area (Å²) >= 11 is 3.37. The number of carbonyl (C=O) groups excluding carboxylic acids is 1. The van der Waals surface area contributed by atoms with E-state index in [1.54, 1.807) is 0 Å². The van der Waals surface area contributed by atoms with Crippen molar-refractivity contribution >= 4 is 31.9 Å². The van der Waals surface area contributed by atoms with Crippen molar-refractivity contribution in [3.05, 3.63) is 69.7 Å². The van der Waals surface area contributed by atoms with E-state index in [2.05, 4.69) is 44.3 Å². The molecule has 0 radical (unpaired) electrons. The fraction of sp³-hybridized carbons (Fsp3) is 0.480. The zero-order valence-electron chi connectivity index (χ0n) is 18.9. The Labute approximate surface area is 205 Å². The second-order valence-corrected chi connectivity index (χ2v) is 11.9. The normalized spacial score (nSPS) is 18.5. The average Bonchev–Trinajstić information content (AvgIpc) is 3.33. The number of rotatable bonds is 8. The third-order valence-electron chi connectivity index (χ3n) is 6.64. The minimum atomic E-state index is -3.39. The molecule has 0 atom stereocenters. The van der Waals surface area contributed by atoms with E-state index < -0.39 is 10.0 Å². The SMILES string of the molecule is O=C(NCc1ccccc1CN1CCCC1)C1CCN(S(=O)(=O)Cc2ccc(Br)cc2)CC1. The van der Waals surface area contributed by atoms with Crippen LogP contribution >= 0.6 is 15.9 Å². The number of halogens is 1. The van der Waals surface area contributed by atoms with Crippen LogP contribution in [0.4, 0.5) is 0 Å². The van der Waals surface area contributed by atoms with Crippen molar-refractivity contribution in [1.82, 2.24) is 14.5 Å². The van der Waals surface area contributed by atoms with Gasteiger partial charge in [-0.05, 0) is 67.6 Å². The number of nitrogens with one attached hydrogen (secondary N) is 1. The van der Waals surface area contributed by atoms with Gasteiger partial charge in [-0.1, -0.05) is 52.3 Å². The van der Waals surface area contributed by atoms with Crippen molar-refractivity contribution in [1.29, 1.82) is 0 Å². The number of nitrogens with zero attached hydrogens (tertiary/aromatic N) is 2. The Hall–Kier alpha value is -1.74. The van der Waals surface area contributed by atoms with Crippen LogP contribution in [0.5, 0.6) is 0 Å². The lowest BCUT2D eigenvalue weighted by atomic mass is 9.97. The standard InChI is InChI=1S/C25H32BrN3O3S/c26-24-9-7-20(8-10-24)19-33(31,32)29-15-11-21(12-16-29)25(30)27-17-22-5-1-2-6-23(22)18-28-13-3-4-14-28/h1-2,5-10,21H,3-4,11-19H2,(H,27,30). The predicted octanol–water partition coefficient (Wildman–Crippen LogP) is 3.90. The first-order valence-corrected chi connectivity index (χ1v) is 14.1. The molecular weight excluding hydrogens is 502 g/mol. The number of benzene rings is 2. The number of sulfonamides is 1. The fourth-order valence-corrected chi connectivity index (χ4v) is 6.50. The molecule has 2 aliphatic rings. The van der Waals surface area contributed by atoms with Crippen LogP contribution in [-0.2, 0) is 33.7 Å². The molecule has 1 N–H and O–H groups in total. The van der Waals surface area contributed by atoms with Crippen molar-refractivity contribution in [2.24, 2.45) is 5.92 Å². The van der Waals surface area contributed by atoms with Crippen molar-refractivity contribution in [3.63, 3.8) is 0 Å². The Morgan fingerprint density at radius 3 is 2.24 bits per heavy atom. The van der Waals surface area contributed by atoms with Gasteiger partial charge in [0.1, 0.15) is 0 Å². The zero-order valence-corrected chi connectivity index (χ0v) is 21.3. The highest BCUT2D eigenvalue weighted by atomic mass is 79.9. The Balaban J connectivity index is 1.27. The topological polar surface area (TPSA) is 69.7 Å². The van der Waals surface area contributed by atoms with E-state index in [0.717, 1.165) is 35.2 Å². The van der Waals surface area contributed by atoms with Crippen molar-refractivity contribution < 1.29 is 13.2 Å². The molecule has 0 aliphatic carbocycles. The van der Waals surface area contributed by atoms with Crippen LogP contribution in [-0.4, -0.2) is 49.7 Å². The van der Waals surface area contributed by atoms with Crippen molar-refractivity contribution in [2.75, 3.05) is 26.2 Å². The van der Waals surface area contributed by atoms with Crippen LogP contribution in [0.25, 0.3) is 0 Å². The number of amides is 1. The molecule has 0 bridgehead atoms. The Kier molecular flexibility index (Phi) is 8.22. The number of piperidine rings is 1. The number of likely N-dealkylation sites (tertiary alicyclic amines) is 1. The van der Waals surface area contributed by atoms with Gasteiger partial charge in [0.25, 0.3) is 0 Å². The van der Waals surface area contributed by atoms with Gasteiger partial charge in [-0.3, -0.25) is 9.69 Å². The van der Waals surface area contributed by atoms with Crippen LogP contribution in [0.2, 0.25) is 0 Å². The second-order valence-electron chi connectivity index (χ2n) is 9.03. The highest BCUT2D eigenvalue weighted by Gasteiger charge is 2.31. The first-order chi connectivity index (χ1) is 15.9. The van der Waals surface area contributed by atoms with E-state index in [1.165, 1.54) is 22.7 Å². The zero-order chi connectivity index (χ0) is 23.3. The van der Waals surface area contributed by atoms with Gasteiger partial charge in [0.15, 0.2) is 0 Å². The lowest BCUT2D eigenvalue weighted by Gasteiger charge is -2.30. The summed E-state index contributed by atoms with van der Waals surface area (Å²) in [4.78, 5) is 15.3. The van der Waals surface area contributed by atoms with E-state index in [9.17, 15) is 13.2 Å². The van der Waals surface area contributed by atoms with Crippen LogP contribution in [0, 0.1) is 5.92 Å². The summed E-state index contributed by atoms with van der Waals surface area (Å²) in [6, 6.07) is 15.7. The summed E-state index contributed by atoms with van der Waals surface area (Å²) in [5, 5.41) is 3.10. The molecule has 2 saturated heterocycles. The summed E-state index contributed by atoms with van der Waals surface area (Å²) in [5.74, 6) is -0.129. The van der Waals surface area contributed by atoms with Gasteiger partial charge in [-0.2, -0.15) is 0 Å². The summed E-state index contributed by atoms with van der Waals surface area (Å²) in [7, 11) is -3.39. The van der Waals surface area contributed by atoms with Crippen molar-refractivity contribution in [3.8, 4) is 0 Å². The fourth-order valence-electron chi connectivity index (χ4n) is 4.67. The molecule has 0 aromatic heterocycles. The number of hydrogen-bond donors (Lipinski definition) is 1. The molecule has 6 nitrogen and oxygen atoms in total. The number of carbonyl (C=O) groups is 1. The molecule has 2 aromatic carbocycles. The van der Waals surface area contributed by atoms with Gasteiger partial charge in [-0.25, -0.2) is 12.7 Å². The highest BCUT2D eigenvalue weighted by molar-refractivity contribution is 9.10. The molecule has 33 heavy (non-hydrogen) atoms.